The SMILES string of the molecule is CN(C)C(=O)c1ccc(NCC#Cc2cc3cc(CNC4CCOCC4)ccc3n2CC(F)(F)F)cn1. The molecule has 4 rings (SSSR count). The lowest BCUT2D eigenvalue weighted by molar-refractivity contribution is -0.140. The summed E-state index contributed by atoms with van der Waals surface area (Å²) in [5, 5.41) is 7.29. The molecule has 3 aromatic rings. The van der Waals surface area contributed by atoms with Gasteiger partial charge in [0.2, 0.25) is 0 Å². The highest BCUT2D eigenvalue weighted by atomic mass is 19.4. The molecule has 1 saturated heterocycles. The molecule has 1 aliphatic rings. The number of rotatable bonds is 7. The van der Waals surface area contributed by atoms with E-state index in [0.717, 1.165) is 37.0 Å². The van der Waals surface area contributed by atoms with Crippen molar-refractivity contribution in [2.45, 2.75) is 38.1 Å². The second-order valence-corrected chi connectivity index (χ2v) is 9.18. The highest BCUT2D eigenvalue weighted by molar-refractivity contribution is 5.92. The van der Waals surface area contributed by atoms with Gasteiger partial charge >= 0.3 is 6.18 Å². The normalized spacial score (nSPS) is 14.3. The van der Waals surface area contributed by atoms with E-state index in [9.17, 15) is 18.0 Å². The fourth-order valence-electron chi connectivity index (χ4n) is 4.18. The zero-order chi connectivity index (χ0) is 26.4. The van der Waals surface area contributed by atoms with Crippen LogP contribution in [0.4, 0.5) is 18.9 Å². The van der Waals surface area contributed by atoms with Gasteiger partial charge in [-0.2, -0.15) is 13.2 Å². The molecule has 1 aromatic carbocycles. The fraction of sp³-hybridized carbons (Fsp3) is 0.407. The van der Waals surface area contributed by atoms with Crippen molar-refractivity contribution in [2.75, 3.05) is 39.2 Å². The van der Waals surface area contributed by atoms with E-state index in [4.69, 9.17) is 4.74 Å². The van der Waals surface area contributed by atoms with Crippen molar-refractivity contribution in [3.8, 4) is 11.8 Å². The first-order valence-corrected chi connectivity index (χ1v) is 12.1. The van der Waals surface area contributed by atoms with E-state index >= 15 is 0 Å². The van der Waals surface area contributed by atoms with E-state index < -0.39 is 12.7 Å². The standard InChI is InChI=1S/C27H30F3N5O2/c1-34(2)26(36)24-7-6-22(17-33-24)31-11-3-4-23-15-20-14-19(16-32-21-9-12-37-13-10-21)5-8-25(20)35(23)18-27(28,29)30/h5-8,14-15,17,21,31-32H,9-13,16,18H2,1-2H3. The molecule has 0 aliphatic carbocycles. The van der Waals surface area contributed by atoms with Crippen LogP contribution in [0.3, 0.4) is 0 Å². The van der Waals surface area contributed by atoms with Crippen LogP contribution in [-0.2, 0) is 17.8 Å². The van der Waals surface area contributed by atoms with Crippen molar-refractivity contribution in [2.24, 2.45) is 0 Å². The first-order chi connectivity index (χ1) is 17.7. The number of ether oxygens (including phenoxy) is 1. The van der Waals surface area contributed by atoms with Crippen molar-refractivity contribution in [1.82, 2.24) is 19.8 Å². The summed E-state index contributed by atoms with van der Waals surface area (Å²) in [6.45, 7) is 1.22. The molecule has 196 valence electrons. The molecule has 0 saturated carbocycles. The summed E-state index contributed by atoms with van der Waals surface area (Å²) in [5.41, 5.74) is 2.78. The maximum absolute atomic E-state index is 13.3. The summed E-state index contributed by atoms with van der Waals surface area (Å²) in [4.78, 5) is 17.5. The second kappa shape index (κ2) is 11.7. The van der Waals surface area contributed by atoms with Gasteiger partial charge in [0.15, 0.2) is 0 Å². The Morgan fingerprint density at radius 2 is 1.97 bits per heavy atom. The number of alkyl halides is 3. The molecule has 1 fully saturated rings. The number of fused-ring (bicyclic) bond motifs is 1. The van der Waals surface area contributed by atoms with E-state index in [0.29, 0.717) is 35.2 Å². The van der Waals surface area contributed by atoms with E-state index in [2.05, 4.69) is 27.5 Å². The predicted octanol–water partition coefficient (Wildman–Crippen LogP) is 4.03. The van der Waals surface area contributed by atoms with Gasteiger partial charge in [0.05, 0.1) is 24.1 Å². The summed E-state index contributed by atoms with van der Waals surface area (Å²) in [6.07, 6.45) is -0.949. The number of anilines is 1. The molecule has 2 aromatic heterocycles. The van der Waals surface area contributed by atoms with Gasteiger partial charge in [-0.05, 0) is 54.7 Å². The topological polar surface area (TPSA) is 71.4 Å². The van der Waals surface area contributed by atoms with Gasteiger partial charge in [0.25, 0.3) is 5.91 Å². The van der Waals surface area contributed by atoms with E-state index in [1.807, 2.05) is 12.1 Å². The van der Waals surface area contributed by atoms with Crippen molar-refractivity contribution >= 4 is 22.5 Å². The van der Waals surface area contributed by atoms with Crippen LogP contribution in [0.1, 0.15) is 34.6 Å². The number of pyridine rings is 1. The number of nitrogens with one attached hydrogen (secondary N) is 2. The highest BCUT2D eigenvalue weighted by Gasteiger charge is 2.29. The van der Waals surface area contributed by atoms with Gasteiger partial charge < -0.3 is 24.8 Å². The molecule has 0 unspecified atom stereocenters. The minimum absolute atomic E-state index is 0.202. The molecule has 2 N–H and O–H groups in total. The lowest BCUT2D eigenvalue weighted by atomic mass is 10.1. The van der Waals surface area contributed by atoms with Crippen LogP contribution in [-0.4, -0.2) is 66.4 Å². The Balaban J connectivity index is 1.47. The Bertz CT molecular complexity index is 1280. The highest BCUT2D eigenvalue weighted by Crippen LogP contribution is 2.26. The van der Waals surface area contributed by atoms with Gasteiger partial charge in [0.1, 0.15) is 12.2 Å². The summed E-state index contributed by atoms with van der Waals surface area (Å²) in [6, 6.07) is 10.9. The van der Waals surface area contributed by atoms with E-state index in [1.165, 1.54) is 15.7 Å². The number of aromatic nitrogens is 2. The third-order valence-electron chi connectivity index (χ3n) is 6.11. The molecule has 0 bridgehead atoms. The molecule has 0 spiro atoms. The molecule has 3 heterocycles. The number of carbonyl (C=O) groups excluding carboxylic acids is 1. The molecule has 0 atom stereocenters. The Kier molecular flexibility index (Phi) is 8.36. The number of halogens is 3. The quantitative estimate of drug-likeness (QED) is 0.467. The van der Waals surface area contributed by atoms with Crippen LogP contribution in [0.5, 0.6) is 0 Å². The van der Waals surface area contributed by atoms with Crippen molar-refractivity contribution < 1.29 is 22.7 Å². The molecule has 1 aliphatic heterocycles. The molecule has 10 heteroatoms. The van der Waals surface area contributed by atoms with Crippen LogP contribution in [0.15, 0.2) is 42.6 Å². The summed E-state index contributed by atoms with van der Waals surface area (Å²) >= 11 is 0. The molecular formula is C27H30F3N5O2. The Hall–Kier alpha value is -3.55. The minimum Gasteiger partial charge on any atom is -0.381 e. The minimum atomic E-state index is -4.37. The third kappa shape index (κ3) is 7.24. The molecule has 7 nitrogen and oxygen atoms in total. The van der Waals surface area contributed by atoms with Gasteiger partial charge in [0, 0.05) is 50.8 Å². The summed E-state index contributed by atoms with van der Waals surface area (Å²) in [5.74, 6) is 5.58. The largest absolute Gasteiger partial charge is 0.406 e. The first kappa shape index (κ1) is 26.5. The van der Waals surface area contributed by atoms with Crippen LogP contribution in [0, 0.1) is 11.8 Å². The molecule has 1 amide bonds. The zero-order valence-corrected chi connectivity index (χ0v) is 20.9. The van der Waals surface area contributed by atoms with Gasteiger partial charge in [-0.25, -0.2) is 4.98 Å². The molecule has 0 radical (unpaired) electrons. The van der Waals surface area contributed by atoms with E-state index in [-0.39, 0.29) is 12.5 Å². The Labute approximate surface area is 214 Å². The number of benzene rings is 1. The maximum Gasteiger partial charge on any atom is 0.406 e. The monoisotopic (exact) mass is 513 g/mol. The summed E-state index contributed by atoms with van der Waals surface area (Å²) in [7, 11) is 3.30. The van der Waals surface area contributed by atoms with Crippen molar-refractivity contribution in [3.05, 3.63) is 59.5 Å². The average molecular weight is 514 g/mol. The van der Waals surface area contributed by atoms with Crippen LogP contribution in [0.25, 0.3) is 10.9 Å². The number of nitrogens with zero attached hydrogens (tertiary/aromatic N) is 3. The molecular weight excluding hydrogens is 483 g/mol. The van der Waals surface area contributed by atoms with Gasteiger partial charge in [-0.3, -0.25) is 4.79 Å². The number of hydrogen-bond donors (Lipinski definition) is 2. The van der Waals surface area contributed by atoms with Crippen LogP contribution in [0.2, 0.25) is 0 Å². The Morgan fingerprint density at radius 1 is 1.19 bits per heavy atom. The predicted molar refractivity (Wildman–Crippen MR) is 136 cm³/mol. The van der Waals surface area contributed by atoms with Crippen molar-refractivity contribution in [3.63, 3.8) is 0 Å². The zero-order valence-electron chi connectivity index (χ0n) is 20.9. The van der Waals surface area contributed by atoms with Crippen molar-refractivity contribution in [1.29, 1.82) is 0 Å². The van der Waals surface area contributed by atoms with Gasteiger partial charge in [-0.15, -0.1) is 0 Å². The lowest BCUT2D eigenvalue weighted by Gasteiger charge is -2.23. The van der Waals surface area contributed by atoms with Crippen LogP contribution < -0.4 is 10.6 Å². The second-order valence-electron chi connectivity index (χ2n) is 9.18. The molecule has 37 heavy (non-hydrogen) atoms. The summed E-state index contributed by atoms with van der Waals surface area (Å²) < 4.78 is 46.6. The van der Waals surface area contributed by atoms with Gasteiger partial charge in [-0.1, -0.05) is 12.0 Å². The number of amides is 1. The first-order valence-electron chi connectivity index (χ1n) is 12.1. The maximum atomic E-state index is 13.3. The Morgan fingerprint density at radius 3 is 2.65 bits per heavy atom. The smallest absolute Gasteiger partial charge is 0.381 e. The number of carbonyl (C=O) groups is 1. The van der Waals surface area contributed by atoms with Crippen LogP contribution >= 0.6 is 0 Å². The fourth-order valence-corrected chi connectivity index (χ4v) is 4.18. The lowest BCUT2D eigenvalue weighted by Crippen LogP contribution is -2.34. The third-order valence-corrected chi connectivity index (χ3v) is 6.11. The average Bonchev–Trinajstić information content (AvgIpc) is 3.20. The van der Waals surface area contributed by atoms with E-state index in [1.54, 1.807) is 38.4 Å². The number of hydrogen-bond acceptors (Lipinski definition) is 5.